The summed E-state index contributed by atoms with van der Waals surface area (Å²) in [6.45, 7) is 0.518. The van der Waals surface area contributed by atoms with Crippen molar-refractivity contribution in [2.24, 2.45) is 0 Å². The summed E-state index contributed by atoms with van der Waals surface area (Å²) in [5.74, 6) is 0. The van der Waals surface area contributed by atoms with E-state index >= 15 is 0 Å². The standard InChI is InChI=1S/C18H15BrN2OS/c1-23-18-20-16(14-5-3-2-4-6-14)11-17(22)21(18)12-13-7-9-15(19)10-8-13/h2-11H,12H2,1H3. The van der Waals surface area contributed by atoms with Crippen LogP contribution in [0.2, 0.25) is 0 Å². The second-order valence-corrected chi connectivity index (χ2v) is 6.73. The normalized spacial score (nSPS) is 10.7. The number of aromatic nitrogens is 2. The first-order chi connectivity index (χ1) is 11.2. The predicted octanol–water partition coefficient (Wildman–Crippen LogP) is 4.44. The second-order valence-electron chi connectivity index (χ2n) is 5.04. The van der Waals surface area contributed by atoms with Crippen LogP contribution in [0.5, 0.6) is 0 Å². The molecule has 0 amide bonds. The Morgan fingerprint density at radius 1 is 1.09 bits per heavy atom. The van der Waals surface area contributed by atoms with Gasteiger partial charge in [0.05, 0.1) is 12.2 Å². The van der Waals surface area contributed by atoms with Crippen molar-refractivity contribution in [1.82, 2.24) is 9.55 Å². The van der Waals surface area contributed by atoms with E-state index in [2.05, 4.69) is 20.9 Å². The van der Waals surface area contributed by atoms with Gasteiger partial charge in [-0.2, -0.15) is 0 Å². The van der Waals surface area contributed by atoms with Gasteiger partial charge < -0.3 is 0 Å². The monoisotopic (exact) mass is 386 g/mol. The van der Waals surface area contributed by atoms with Gasteiger partial charge in [0.2, 0.25) is 0 Å². The van der Waals surface area contributed by atoms with Crippen LogP contribution in [-0.4, -0.2) is 15.8 Å². The van der Waals surface area contributed by atoms with E-state index in [9.17, 15) is 4.79 Å². The molecule has 0 unspecified atom stereocenters. The third-order valence-electron chi connectivity index (χ3n) is 3.48. The molecular weight excluding hydrogens is 372 g/mol. The zero-order valence-electron chi connectivity index (χ0n) is 12.6. The van der Waals surface area contributed by atoms with Gasteiger partial charge in [0.25, 0.3) is 5.56 Å². The van der Waals surface area contributed by atoms with Crippen LogP contribution in [0.1, 0.15) is 5.56 Å². The molecule has 23 heavy (non-hydrogen) atoms. The van der Waals surface area contributed by atoms with Crippen LogP contribution in [0.15, 0.2) is 75.1 Å². The van der Waals surface area contributed by atoms with Crippen LogP contribution in [0, 0.1) is 0 Å². The molecule has 3 rings (SSSR count). The highest BCUT2D eigenvalue weighted by Crippen LogP contribution is 2.20. The second kappa shape index (κ2) is 7.15. The Balaban J connectivity index is 2.01. The number of thioether (sulfide) groups is 1. The average molecular weight is 387 g/mol. The molecule has 0 atom stereocenters. The zero-order chi connectivity index (χ0) is 16.2. The summed E-state index contributed by atoms with van der Waals surface area (Å²) < 4.78 is 2.73. The maximum Gasteiger partial charge on any atom is 0.255 e. The van der Waals surface area contributed by atoms with Gasteiger partial charge in [-0.05, 0) is 24.0 Å². The largest absolute Gasteiger partial charge is 0.283 e. The van der Waals surface area contributed by atoms with Crippen molar-refractivity contribution < 1.29 is 0 Å². The third kappa shape index (κ3) is 3.74. The molecule has 1 aromatic heterocycles. The summed E-state index contributed by atoms with van der Waals surface area (Å²) in [5, 5.41) is 0.722. The van der Waals surface area contributed by atoms with Gasteiger partial charge in [-0.25, -0.2) is 4.98 Å². The molecular formula is C18H15BrN2OS. The van der Waals surface area contributed by atoms with E-state index < -0.39 is 0 Å². The van der Waals surface area contributed by atoms with E-state index in [-0.39, 0.29) is 5.56 Å². The van der Waals surface area contributed by atoms with Gasteiger partial charge in [0, 0.05) is 16.1 Å². The van der Waals surface area contributed by atoms with Gasteiger partial charge in [-0.3, -0.25) is 9.36 Å². The first-order valence-electron chi connectivity index (χ1n) is 7.13. The lowest BCUT2D eigenvalue weighted by atomic mass is 10.1. The van der Waals surface area contributed by atoms with Gasteiger partial charge in [-0.1, -0.05) is 70.2 Å². The summed E-state index contributed by atoms with van der Waals surface area (Å²) in [6, 6.07) is 19.3. The van der Waals surface area contributed by atoms with Crippen molar-refractivity contribution in [2.45, 2.75) is 11.7 Å². The molecule has 116 valence electrons. The highest BCUT2D eigenvalue weighted by molar-refractivity contribution is 9.10. The Bertz CT molecular complexity index is 860. The molecule has 0 saturated heterocycles. The van der Waals surface area contributed by atoms with Gasteiger partial charge in [0.1, 0.15) is 0 Å². The Kier molecular flexibility index (Phi) is 4.98. The lowest BCUT2D eigenvalue weighted by Crippen LogP contribution is -2.23. The molecule has 0 bridgehead atoms. The van der Waals surface area contributed by atoms with Crippen LogP contribution in [0.3, 0.4) is 0 Å². The molecule has 5 heteroatoms. The van der Waals surface area contributed by atoms with Gasteiger partial charge in [-0.15, -0.1) is 0 Å². The summed E-state index contributed by atoms with van der Waals surface area (Å²) in [7, 11) is 0. The lowest BCUT2D eigenvalue weighted by Gasteiger charge is -2.12. The molecule has 0 aliphatic heterocycles. The Morgan fingerprint density at radius 3 is 2.43 bits per heavy atom. The number of hydrogen-bond donors (Lipinski definition) is 0. The Hall–Kier alpha value is -1.85. The van der Waals surface area contributed by atoms with Crippen LogP contribution in [0.25, 0.3) is 11.3 Å². The smallest absolute Gasteiger partial charge is 0.255 e. The zero-order valence-corrected chi connectivity index (χ0v) is 15.0. The fraction of sp³-hybridized carbons (Fsp3) is 0.111. The SMILES string of the molecule is CSc1nc(-c2ccccc2)cc(=O)n1Cc1ccc(Br)cc1. The van der Waals surface area contributed by atoms with E-state index in [0.29, 0.717) is 12.2 Å². The van der Waals surface area contributed by atoms with Crippen LogP contribution in [-0.2, 0) is 6.54 Å². The fourth-order valence-electron chi connectivity index (χ4n) is 2.32. The topological polar surface area (TPSA) is 34.9 Å². The van der Waals surface area contributed by atoms with E-state index in [1.54, 1.807) is 10.6 Å². The highest BCUT2D eigenvalue weighted by Gasteiger charge is 2.10. The number of halogens is 1. The first-order valence-corrected chi connectivity index (χ1v) is 9.15. The van der Waals surface area contributed by atoms with Crippen molar-refractivity contribution in [1.29, 1.82) is 0 Å². The minimum Gasteiger partial charge on any atom is -0.283 e. The number of benzene rings is 2. The van der Waals surface area contributed by atoms with Gasteiger partial charge >= 0.3 is 0 Å². The molecule has 3 aromatic rings. The average Bonchev–Trinajstić information content (AvgIpc) is 2.59. The van der Waals surface area contributed by atoms with Crippen LogP contribution < -0.4 is 5.56 Å². The maximum absolute atomic E-state index is 12.6. The minimum absolute atomic E-state index is 0.0360. The minimum atomic E-state index is -0.0360. The van der Waals surface area contributed by atoms with Gasteiger partial charge in [0.15, 0.2) is 5.16 Å². The summed E-state index contributed by atoms with van der Waals surface area (Å²) in [6.07, 6.45) is 1.94. The van der Waals surface area contributed by atoms with Crippen molar-refractivity contribution in [2.75, 3.05) is 6.26 Å². The van der Waals surface area contributed by atoms with Crippen molar-refractivity contribution in [3.8, 4) is 11.3 Å². The van der Waals surface area contributed by atoms with Crippen molar-refractivity contribution in [3.63, 3.8) is 0 Å². The Morgan fingerprint density at radius 2 is 1.78 bits per heavy atom. The number of rotatable bonds is 4. The molecule has 0 spiro atoms. The number of nitrogens with zero attached hydrogens (tertiary/aromatic N) is 2. The first kappa shape index (κ1) is 16.0. The van der Waals surface area contributed by atoms with E-state index in [1.165, 1.54) is 11.8 Å². The van der Waals surface area contributed by atoms with Crippen molar-refractivity contribution >= 4 is 27.7 Å². The van der Waals surface area contributed by atoms with Crippen LogP contribution >= 0.6 is 27.7 Å². The molecule has 0 aliphatic rings. The molecule has 0 fully saturated rings. The van der Waals surface area contributed by atoms with E-state index in [0.717, 1.165) is 20.8 Å². The quantitative estimate of drug-likeness (QED) is 0.490. The molecule has 1 heterocycles. The molecule has 0 aliphatic carbocycles. The third-order valence-corrected chi connectivity index (χ3v) is 4.68. The lowest BCUT2D eigenvalue weighted by molar-refractivity contribution is 0.648. The highest BCUT2D eigenvalue weighted by atomic mass is 79.9. The molecule has 0 radical (unpaired) electrons. The summed E-state index contributed by atoms with van der Waals surface area (Å²) in [4.78, 5) is 17.2. The summed E-state index contributed by atoms with van der Waals surface area (Å²) >= 11 is 4.91. The molecule has 2 aromatic carbocycles. The molecule has 3 nitrogen and oxygen atoms in total. The predicted molar refractivity (Wildman–Crippen MR) is 99.0 cm³/mol. The van der Waals surface area contributed by atoms with E-state index in [1.807, 2.05) is 60.9 Å². The number of hydrogen-bond acceptors (Lipinski definition) is 3. The van der Waals surface area contributed by atoms with Crippen LogP contribution in [0.4, 0.5) is 0 Å². The van der Waals surface area contributed by atoms with Crippen molar-refractivity contribution in [3.05, 3.63) is 81.1 Å². The molecule has 0 N–H and O–H groups in total. The fourth-order valence-corrected chi connectivity index (χ4v) is 3.14. The Labute approximate surface area is 147 Å². The molecule has 0 saturated carbocycles. The summed E-state index contributed by atoms with van der Waals surface area (Å²) in [5.41, 5.74) is 2.70. The maximum atomic E-state index is 12.6. The van der Waals surface area contributed by atoms with E-state index in [4.69, 9.17) is 0 Å².